The predicted molar refractivity (Wildman–Crippen MR) is 54.9 cm³/mol. The van der Waals surface area contributed by atoms with E-state index in [1.54, 1.807) is 12.1 Å². The van der Waals surface area contributed by atoms with Crippen LogP contribution in [0.1, 0.15) is 5.56 Å². The molecule has 3 rings (SSSR count). The van der Waals surface area contributed by atoms with Gasteiger partial charge in [0.25, 0.3) is 0 Å². The molecule has 5 heteroatoms. The van der Waals surface area contributed by atoms with Gasteiger partial charge in [0.1, 0.15) is 23.6 Å². The van der Waals surface area contributed by atoms with Crippen LogP contribution < -0.4 is 15.8 Å². The van der Waals surface area contributed by atoms with Crippen molar-refractivity contribution >= 4 is 5.96 Å². The van der Waals surface area contributed by atoms with E-state index in [0.29, 0.717) is 24.9 Å². The summed E-state index contributed by atoms with van der Waals surface area (Å²) < 4.78 is 5.51. The number of nitrogens with two attached hydrogens (primary N) is 1. The Labute approximate surface area is 86.6 Å². The second kappa shape index (κ2) is 2.56. The van der Waals surface area contributed by atoms with Gasteiger partial charge in [-0.1, -0.05) is 0 Å². The fourth-order valence-electron chi connectivity index (χ4n) is 2.08. The molecule has 1 unspecified atom stereocenters. The van der Waals surface area contributed by atoms with E-state index in [1.807, 2.05) is 6.07 Å². The van der Waals surface area contributed by atoms with Crippen LogP contribution in [0.15, 0.2) is 23.2 Å². The van der Waals surface area contributed by atoms with E-state index >= 15 is 0 Å². The lowest BCUT2D eigenvalue weighted by Gasteiger charge is -2.21. The lowest BCUT2D eigenvalue weighted by Crippen LogP contribution is -2.46. The first-order valence-electron chi connectivity index (χ1n) is 4.74. The fraction of sp³-hybridized carbons (Fsp3) is 0.300. The number of aliphatic imine (C=N–C) groups is 1. The smallest absolute Gasteiger partial charge is 0.189 e. The van der Waals surface area contributed by atoms with Gasteiger partial charge in [0.15, 0.2) is 5.96 Å². The molecule has 0 bridgehead atoms. The zero-order valence-electron chi connectivity index (χ0n) is 8.03. The molecule has 5 nitrogen and oxygen atoms in total. The Morgan fingerprint density at radius 3 is 3.13 bits per heavy atom. The minimum absolute atomic E-state index is 0.206. The Bertz CT molecular complexity index is 458. The molecule has 0 amide bonds. The summed E-state index contributed by atoms with van der Waals surface area (Å²) in [6, 6.07) is 5.10. The third-order valence-corrected chi connectivity index (χ3v) is 2.84. The van der Waals surface area contributed by atoms with Crippen molar-refractivity contribution in [1.29, 1.82) is 0 Å². The van der Waals surface area contributed by atoms with Gasteiger partial charge in [-0.25, -0.2) is 0 Å². The molecule has 2 aliphatic heterocycles. The topological polar surface area (TPSA) is 79.9 Å². The van der Waals surface area contributed by atoms with Crippen molar-refractivity contribution < 1.29 is 9.84 Å². The molecule has 0 aliphatic carbocycles. The molecule has 1 atom stereocenters. The SMILES string of the molecule is NC1=NCC2(COc3cc(O)ccc32)N1. The van der Waals surface area contributed by atoms with Crippen LogP contribution in [0.5, 0.6) is 11.5 Å². The second-order valence-corrected chi connectivity index (χ2v) is 3.88. The highest BCUT2D eigenvalue weighted by Crippen LogP contribution is 2.40. The Balaban J connectivity index is 2.06. The summed E-state index contributed by atoms with van der Waals surface area (Å²) in [5.74, 6) is 1.35. The first-order valence-corrected chi connectivity index (χ1v) is 4.74. The third kappa shape index (κ3) is 1.06. The van der Waals surface area contributed by atoms with E-state index in [9.17, 15) is 5.11 Å². The number of nitrogens with zero attached hydrogens (tertiary/aromatic N) is 1. The lowest BCUT2D eigenvalue weighted by atomic mass is 9.93. The van der Waals surface area contributed by atoms with Crippen LogP contribution >= 0.6 is 0 Å². The van der Waals surface area contributed by atoms with Crippen LogP contribution in [0.4, 0.5) is 0 Å². The van der Waals surface area contributed by atoms with Gasteiger partial charge in [0.05, 0.1) is 6.54 Å². The number of guanidine groups is 1. The van der Waals surface area contributed by atoms with E-state index in [-0.39, 0.29) is 11.3 Å². The highest BCUT2D eigenvalue weighted by Gasteiger charge is 2.44. The van der Waals surface area contributed by atoms with Crippen LogP contribution in [-0.2, 0) is 5.54 Å². The minimum atomic E-state index is -0.326. The third-order valence-electron chi connectivity index (χ3n) is 2.84. The monoisotopic (exact) mass is 205 g/mol. The molecule has 78 valence electrons. The van der Waals surface area contributed by atoms with E-state index in [1.165, 1.54) is 0 Å². The number of phenols is 1. The Morgan fingerprint density at radius 2 is 2.40 bits per heavy atom. The van der Waals surface area contributed by atoms with Crippen LogP contribution in [0.3, 0.4) is 0 Å². The van der Waals surface area contributed by atoms with Crippen molar-refractivity contribution in [3.63, 3.8) is 0 Å². The van der Waals surface area contributed by atoms with Crippen molar-refractivity contribution in [2.45, 2.75) is 5.54 Å². The normalized spacial score (nSPS) is 27.1. The zero-order valence-corrected chi connectivity index (χ0v) is 8.03. The van der Waals surface area contributed by atoms with Crippen LogP contribution in [0.25, 0.3) is 0 Å². The van der Waals surface area contributed by atoms with Gasteiger partial charge in [0, 0.05) is 11.6 Å². The van der Waals surface area contributed by atoms with Gasteiger partial charge >= 0.3 is 0 Å². The Hall–Kier alpha value is -1.91. The minimum Gasteiger partial charge on any atom is -0.508 e. The Kier molecular flexibility index (Phi) is 1.44. The van der Waals surface area contributed by atoms with Crippen LogP contribution in [0.2, 0.25) is 0 Å². The number of nitrogens with one attached hydrogen (secondary N) is 1. The maximum Gasteiger partial charge on any atom is 0.189 e. The lowest BCUT2D eigenvalue weighted by molar-refractivity contribution is 0.264. The summed E-state index contributed by atoms with van der Waals surface area (Å²) in [5, 5.41) is 12.5. The van der Waals surface area contributed by atoms with E-state index in [0.717, 1.165) is 5.56 Å². The summed E-state index contributed by atoms with van der Waals surface area (Å²) >= 11 is 0. The molecular weight excluding hydrogens is 194 g/mol. The standard InChI is InChI=1S/C10H11N3O2/c11-9-12-4-10(13-9)5-15-8-3-6(14)1-2-7(8)10/h1-3,14H,4-5H2,(H3,11,12,13). The second-order valence-electron chi connectivity index (χ2n) is 3.88. The summed E-state index contributed by atoms with van der Waals surface area (Å²) in [6.45, 7) is 1.08. The highest BCUT2D eigenvalue weighted by molar-refractivity contribution is 5.81. The van der Waals surface area contributed by atoms with Gasteiger partial charge in [-0.3, -0.25) is 4.99 Å². The molecule has 15 heavy (non-hydrogen) atoms. The number of benzene rings is 1. The largest absolute Gasteiger partial charge is 0.508 e. The van der Waals surface area contributed by atoms with Crippen LogP contribution in [0, 0.1) is 0 Å². The zero-order chi connectivity index (χ0) is 10.5. The number of phenolic OH excluding ortho intramolecular Hbond substituents is 1. The molecule has 1 aromatic carbocycles. The molecule has 1 spiro atoms. The molecule has 0 saturated carbocycles. The average molecular weight is 205 g/mol. The van der Waals surface area contributed by atoms with E-state index < -0.39 is 0 Å². The number of aromatic hydroxyl groups is 1. The molecule has 0 aromatic heterocycles. The summed E-state index contributed by atoms with van der Waals surface area (Å²) in [6.07, 6.45) is 0. The summed E-state index contributed by atoms with van der Waals surface area (Å²) in [5.41, 5.74) is 6.29. The maximum absolute atomic E-state index is 9.33. The molecule has 4 N–H and O–H groups in total. The van der Waals surface area contributed by atoms with Crippen molar-refractivity contribution in [3.05, 3.63) is 23.8 Å². The van der Waals surface area contributed by atoms with Gasteiger partial charge in [0.2, 0.25) is 0 Å². The summed E-state index contributed by atoms with van der Waals surface area (Å²) in [7, 11) is 0. The number of rotatable bonds is 0. The van der Waals surface area contributed by atoms with Crippen LogP contribution in [-0.4, -0.2) is 24.2 Å². The molecule has 2 aliphatic rings. The number of hydrogen-bond acceptors (Lipinski definition) is 5. The van der Waals surface area contributed by atoms with Crippen molar-refractivity contribution in [3.8, 4) is 11.5 Å². The molecule has 0 saturated heterocycles. The van der Waals surface area contributed by atoms with Crippen molar-refractivity contribution in [1.82, 2.24) is 5.32 Å². The molecule has 1 aromatic rings. The number of hydrogen-bond donors (Lipinski definition) is 3. The molecular formula is C10H11N3O2. The van der Waals surface area contributed by atoms with Gasteiger partial charge in [-0.2, -0.15) is 0 Å². The Morgan fingerprint density at radius 1 is 1.53 bits per heavy atom. The highest BCUT2D eigenvalue weighted by atomic mass is 16.5. The maximum atomic E-state index is 9.33. The van der Waals surface area contributed by atoms with Gasteiger partial charge in [-0.15, -0.1) is 0 Å². The number of ether oxygens (including phenoxy) is 1. The molecule has 0 radical (unpaired) electrons. The van der Waals surface area contributed by atoms with Crippen molar-refractivity contribution in [2.24, 2.45) is 10.7 Å². The first kappa shape index (κ1) is 8.40. The van der Waals surface area contributed by atoms with Gasteiger partial charge in [-0.05, 0) is 12.1 Å². The van der Waals surface area contributed by atoms with E-state index in [2.05, 4.69) is 10.3 Å². The molecule has 2 heterocycles. The fourth-order valence-corrected chi connectivity index (χ4v) is 2.08. The van der Waals surface area contributed by atoms with E-state index in [4.69, 9.17) is 10.5 Å². The first-order chi connectivity index (χ1) is 7.20. The van der Waals surface area contributed by atoms with Crippen molar-refractivity contribution in [2.75, 3.05) is 13.2 Å². The molecule has 0 fully saturated rings. The predicted octanol–water partition coefficient (Wildman–Crippen LogP) is -0.102. The van der Waals surface area contributed by atoms with Gasteiger partial charge < -0.3 is 20.9 Å². The average Bonchev–Trinajstić information content (AvgIpc) is 2.73. The summed E-state index contributed by atoms with van der Waals surface area (Å²) in [4.78, 5) is 4.13. The number of fused-ring (bicyclic) bond motifs is 2. The quantitative estimate of drug-likeness (QED) is 0.552.